The summed E-state index contributed by atoms with van der Waals surface area (Å²) in [6.45, 7) is 7.73. The molecule has 43 heavy (non-hydrogen) atoms. The van der Waals surface area contributed by atoms with E-state index in [0.29, 0.717) is 28.4 Å². The summed E-state index contributed by atoms with van der Waals surface area (Å²) in [6.07, 6.45) is 0. The van der Waals surface area contributed by atoms with E-state index in [4.69, 9.17) is 14.2 Å². The zero-order valence-electron chi connectivity index (χ0n) is 25.0. The van der Waals surface area contributed by atoms with Crippen molar-refractivity contribution < 1.29 is 23.8 Å². The predicted molar refractivity (Wildman–Crippen MR) is 169 cm³/mol. The summed E-state index contributed by atoms with van der Waals surface area (Å²) in [4.78, 5) is 24.5. The zero-order chi connectivity index (χ0) is 30.6. The van der Waals surface area contributed by atoms with E-state index < -0.39 is 11.4 Å². The first-order valence-corrected chi connectivity index (χ1v) is 14.1. The molecule has 1 unspecified atom stereocenters. The quantitative estimate of drug-likeness (QED) is 0.0767. The number of ether oxygens (including phenoxy) is 3. The lowest BCUT2D eigenvalue weighted by atomic mass is 9.70. The molecule has 0 radical (unpaired) electrons. The van der Waals surface area contributed by atoms with E-state index in [0.717, 1.165) is 33.6 Å². The third-order valence-electron chi connectivity index (χ3n) is 7.86. The smallest absolute Gasteiger partial charge is 0.343 e. The van der Waals surface area contributed by atoms with Gasteiger partial charge in [-0.15, -0.1) is 0 Å². The second kappa shape index (κ2) is 12.4. The molecule has 5 aromatic carbocycles. The number of Topliss-reactive ketones (excluding diaryl/α,β-unsaturated/α-hetero) is 1. The van der Waals surface area contributed by atoms with Crippen LogP contribution in [-0.2, 0) is 5.41 Å². The van der Waals surface area contributed by atoms with Gasteiger partial charge in [0.1, 0.15) is 23.0 Å². The number of esters is 1. The lowest BCUT2D eigenvalue weighted by Crippen LogP contribution is -2.25. The first-order chi connectivity index (χ1) is 20.7. The minimum atomic E-state index is -0.454. The standard InChI is InChI=1S/C38H34O5/c1-25-23-31(15-21-35(25)41-5)38(4,30-9-7-6-8-10-30)32-16-22-36(26(2)24-32)43-37(40)29-13-19-34(20-14-29)42-33-17-11-28(12-18-33)27(3)39/h6-24H,1-5H3. The first-order valence-electron chi connectivity index (χ1n) is 14.1. The van der Waals surface area contributed by atoms with Crippen molar-refractivity contribution in [1.82, 2.24) is 0 Å². The van der Waals surface area contributed by atoms with Crippen LogP contribution in [0.2, 0.25) is 0 Å². The van der Waals surface area contributed by atoms with Crippen molar-refractivity contribution in [2.45, 2.75) is 33.1 Å². The van der Waals surface area contributed by atoms with Gasteiger partial charge in [-0.25, -0.2) is 4.79 Å². The fourth-order valence-electron chi connectivity index (χ4n) is 5.25. The molecule has 0 spiro atoms. The minimum absolute atomic E-state index is 0.00294. The average Bonchev–Trinajstić information content (AvgIpc) is 3.02. The molecule has 0 saturated heterocycles. The molecule has 5 heteroatoms. The number of rotatable bonds is 9. The number of benzene rings is 5. The van der Waals surface area contributed by atoms with Crippen molar-refractivity contribution in [1.29, 1.82) is 0 Å². The van der Waals surface area contributed by atoms with E-state index in [1.54, 1.807) is 55.6 Å². The fraction of sp³-hybridized carbons (Fsp3) is 0.158. The molecule has 0 aliphatic carbocycles. The number of hydrogen-bond acceptors (Lipinski definition) is 5. The SMILES string of the molecule is COc1ccc(C(C)(c2ccccc2)c2ccc(OC(=O)c3ccc(Oc4ccc(C(C)=O)cc4)cc3)c(C)c2)cc1C. The Morgan fingerprint density at radius 1 is 0.605 bits per heavy atom. The van der Waals surface area contributed by atoms with Gasteiger partial charge in [0.2, 0.25) is 0 Å². The van der Waals surface area contributed by atoms with Crippen LogP contribution in [0.4, 0.5) is 0 Å². The zero-order valence-corrected chi connectivity index (χ0v) is 25.0. The van der Waals surface area contributed by atoms with Crippen LogP contribution < -0.4 is 14.2 Å². The van der Waals surface area contributed by atoms with Crippen LogP contribution in [0.3, 0.4) is 0 Å². The van der Waals surface area contributed by atoms with Gasteiger partial charge >= 0.3 is 5.97 Å². The van der Waals surface area contributed by atoms with Crippen LogP contribution in [0.5, 0.6) is 23.0 Å². The molecule has 1 atom stereocenters. The highest BCUT2D eigenvalue weighted by atomic mass is 16.5. The molecule has 0 heterocycles. The summed E-state index contributed by atoms with van der Waals surface area (Å²) in [6, 6.07) is 36.3. The van der Waals surface area contributed by atoms with E-state index in [1.165, 1.54) is 6.92 Å². The van der Waals surface area contributed by atoms with Gasteiger partial charge in [0.15, 0.2) is 5.78 Å². The fourth-order valence-corrected chi connectivity index (χ4v) is 5.25. The molecular formula is C38H34O5. The highest BCUT2D eigenvalue weighted by Crippen LogP contribution is 2.41. The molecule has 0 saturated carbocycles. The second-order valence-corrected chi connectivity index (χ2v) is 10.8. The van der Waals surface area contributed by atoms with Crippen molar-refractivity contribution in [3.05, 3.63) is 154 Å². The molecule has 0 aromatic heterocycles. The summed E-state index contributed by atoms with van der Waals surface area (Å²) in [5, 5.41) is 0. The maximum Gasteiger partial charge on any atom is 0.343 e. The van der Waals surface area contributed by atoms with Gasteiger partial charge in [-0.1, -0.05) is 54.6 Å². The Hall–Kier alpha value is -5.16. The molecule has 5 aromatic rings. The minimum Gasteiger partial charge on any atom is -0.496 e. The van der Waals surface area contributed by atoms with E-state index >= 15 is 0 Å². The highest BCUT2D eigenvalue weighted by molar-refractivity contribution is 5.94. The molecule has 216 valence electrons. The molecule has 0 aliphatic rings. The summed E-state index contributed by atoms with van der Waals surface area (Å²) >= 11 is 0. The molecule has 0 amide bonds. The van der Waals surface area contributed by atoms with E-state index in [2.05, 4.69) is 37.3 Å². The maximum atomic E-state index is 13.1. The lowest BCUT2D eigenvalue weighted by Gasteiger charge is -2.33. The van der Waals surface area contributed by atoms with Gasteiger partial charge in [-0.05, 0) is 116 Å². The topological polar surface area (TPSA) is 61.8 Å². The Bertz CT molecular complexity index is 1760. The highest BCUT2D eigenvalue weighted by Gasteiger charge is 2.32. The Morgan fingerprint density at radius 2 is 1.12 bits per heavy atom. The number of carbonyl (C=O) groups is 2. The lowest BCUT2D eigenvalue weighted by molar-refractivity contribution is 0.0733. The third kappa shape index (κ3) is 6.21. The summed E-state index contributed by atoms with van der Waals surface area (Å²) < 4.78 is 17.2. The Labute approximate surface area is 252 Å². The van der Waals surface area contributed by atoms with E-state index in [-0.39, 0.29) is 5.78 Å². The Morgan fingerprint density at radius 3 is 1.60 bits per heavy atom. The van der Waals surface area contributed by atoms with Crippen molar-refractivity contribution in [2.75, 3.05) is 7.11 Å². The number of ketones is 1. The molecule has 0 N–H and O–H groups in total. The van der Waals surface area contributed by atoms with Crippen LogP contribution >= 0.6 is 0 Å². The van der Waals surface area contributed by atoms with Crippen LogP contribution in [0, 0.1) is 13.8 Å². The van der Waals surface area contributed by atoms with Crippen molar-refractivity contribution in [3.8, 4) is 23.0 Å². The first kappa shape index (κ1) is 29.3. The van der Waals surface area contributed by atoms with Crippen LogP contribution in [0.15, 0.2) is 115 Å². The number of aryl methyl sites for hydroxylation is 2. The van der Waals surface area contributed by atoms with Crippen molar-refractivity contribution in [3.63, 3.8) is 0 Å². The average molecular weight is 571 g/mol. The van der Waals surface area contributed by atoms with E-state index in [9.17, 15) is 9.59 Å². The van der Waals surface area contributed by atoms with Gasteiger partial charge in [0, 0.05) is 11.0 Å². The molecule has 0 aliphatic heterocycles. The van der Waals surface area contributed by atoms with Crippen LogP contribution in [0.25, 0.3) is 0 Å². The normalized spacial score (nSPS) is 12.2. The van der Waals surface area contributed by atoms with Crippen LogP contribution in [0.1, 0.15) is 62.4 Å². The number of methoxy groups -OCH3 is 1. The molecular weight excluding hydrogens is 536 g/mol. The summed E-state index contributed by atoms with van der Waals surface area (Å²) in [5.41, 5.74) is 5.87. The van der Waals surface area contributed by atoms with Gasteiger partial charge in [-0.2, -0.15) is 0 Å². The van der Waals surface area contributed by atoms with Gasteiger partial charge in [0.25, 0.3) is 0 Å². The van der Waals surface area contributed by atoms with Crippen molar-refractivity contribution in [2.24, 2.45) is 0 Å². The van der Waals surface area contributed by atoms with E-state index in [1.807, 2.05) is 50.2 Å². The maximum absolute atomic E-state index is 13.1. The third-order valence-corrected chi connectivity index (χ3v) is 7.86. The van der Waals surface area contributed by atoms with Crippen LogP contribution in [-0.4, -0.2) is 18.9 Å². The van der Waals surface area contributed by atoms with Crippen molar-refractivity contribution >= 4 is 11.8 Å². The molecule has 5 nitrogen and oxygen atoms in total. The number of hydrogen-bond donors (Lipinski definition) is 0. The Kier molecular flexibility index (Phi) is 8.44. The number of carbonyl (C=O) groups excluding carboxylic acids is 2. The monoisotopic (exact) mass is 570 g/mol. The van der Waals surface area contributed by atoms with Gasteiger partial charge in [-0.3, -0.25) is 4.79 Å². The predicted octanol–water partition coefficient (Wildman–Crippen LogP) is 8.88. The molecule has 0 bridgehead atoms. The molecule has 5 rings (SSSR count). The largest absolute Gasteiger partial charge is 0.496 e. The summed E-state index contributed by atoms with van der Waals surface area (Å²) in [5.74, 6) is 2.06. The second-order valence-electron chi connectivity index (χ2n) is 10.8. The van der Waals surface area contributed by atoms with Gasteiger partial charge < -0.3 is 14.2 Å². The summed E-state index contributed by atoms with van der Waals surface area (Å²) in [7, 11) is 1.68. The molecule has 0 fully saturated rings. The Balaban J connectivity index is 1.36. The van der Waals surface area contributed by atoms with Gasteiger partial charge in [0.05, 0.1) is 12.7 Å².